The molecule has 3 aromatic rings. The maximum absolute atomic E-state index is 14.2. The van der Waals surface area contributed by atoms with Crippen molar-refractivity contribution in [3.05, 3.63) is 95.6 Å². The molecule has 186 valence electrons. The van der Waals surface area contributed by atoms with Crippen LogP contribution in [0, 0.1) is 12.7 Å². The van der Waals surface area contributed by atoms with Gasteiger partial charge in [0.05, 0.1) is 18.5 Å². The molecule has 1 aliphatic rings. The molecule has 2 heterocycles. The number of imide groups is 1. The van der Waals surface area contributed by atoms with Crippen LogP contribution in [0.1, 0.15) is 29.5 Å². The number of hydrogen-bond acceptors (Lipinski definition) is 5. The Kier molecular flexibility index (Phi) is 7.43. The molecule has 0 bridgehead atoms. The number of nitrogens with zero attached hydrogens (tertiary/aromatic N) is 3. The molecule has 4 rings (SSSR count). The summed E-state index contributed by atoms with van der Waals surface area (Å²) in [5, 5.41) is 0. The first-order valence-corrected chi connectivity index (χ1v) is 11.7. The van der Waals surface area contributed by atoms with E-state index in [1.807, 2.05) is 31.2 Å². The highest BCUT2D eigenvalue weighted by atomic mass is 19.1. The fraction of sp³-hybridized carbons (Fsp3) is 0.286. The Hall–Kier alpha value is -4.07. The maximum Gasteiger partial charge on any atom is 0.241 e. The van der Waals surface area contributed by atoms with Crippen LogP contribution in [0.15, 0.2) is 73.1 Å². The predicted molar refractivity (Wildman–Crippen MR) is 131 cm³/mol. The van der Waals surface area contributed by atoms with E-state index in [0.29, 0.717) is 16.9 Å². The number of carbonyl (C=O) groups is 3. The van der Waals surface area contributed by atoms with Crippen molar-refractivity contribution >= 4 is 17.7 Å². The second kappa shape index (κ2) is 10.7. The van der Waals surface area contributed by atoms with Gasteiger partial charge in [0.15, 0.2) is 0 Å². The van der Waals surface area contributed by atoms with E-state index in [-0.39, 0.29) is 38.4 Å². The van der Waals surface area contributed by atoms with Gasteiger partial charge in [-0.1, -0.05) is 35.9 Å². The second-order valence-corrected chi connectivity index (χ2v) is 9.07. The normalized spacial score (nSPS) is 17.4. The zero-order valence-corrected chi connectivity index (χ0v) is 20.3. The molecule has 1 aliphatic heterocycles. The Balaban J connectivity index is 1.52. The minimum absolute atomic E-state index is 0.0387. The van der Waals surface area contributed by atoms with E-state index in [1.165, 1.54) is 23.1 Å². The van der Waals surface area contributed by atoms with E-state index < -0.39 is 23.0 Å². The summed E-state index contributed by atoms with van der Waals surface area (Å²) >= 11 is 0. The topological polar surface area (TPSA) is 79.8 Å². The van der Waals surface area contributed by atoms with Crippen LogP contribution in [-0.2, 0) is 26.3 Å². The molecule has 3 amide bonds. The molecule has 2 aromatic carbocycles. The SMILES string of the molecule is Cc1ccc(OCCN(C)C(=O)CC2(c3cccc(F)c3)CC(=O)N(Cc3cccnc3)C2=O)cc1. The molecule has 36 heavy (non-hydrogen) atoms. The molecule has 1 fully saturated rings. The van der Waals surface area contributed by atoms with Crippen molar-refractivity contribution in [3.63, 3.8) is 0 Å². The molecule has 1 atom stereocenters. The number of carbonyl (C=O) groups excluding carboxylic acids is 3. The van der Waals surface area contributed by atoms with Gasteiger partial charge in [-0.25, -0.2) is 4.39 Å². The van der Waals surface area contributed by atoms with Gasteiger partial charge in [-0.05, 0) is 48.4 Å². The Labute approximate surface area is 209 Å². The van der Waals surface area contributed by atoms with E-state index in [2.05, 4.69) is 4.98 Å². The minimum Gasteiger partial charge on any atom is -0.492 e. The second-order valence-electron chi connectivity index (χ2n) is 9.07. The molecule has 8 heteroatoms. The number of halogens is 1. The van der Waals surface area contributed by atoms with Crippen LogP contribution < -0.4 is 4.74 Å². The van der Waals surface area contributed by atoms with Crippen LogP contribution in [0.5, 0.6) is 5.75 Å². The van der Waals surface area contributed by atoms with Crippen LogP contribution in [0.3, 0.4) is 0 Å². The quantitative estimate of drug-likeness (QED) is 0.429. The van der Waals surface area contributed by atoms with E-state index in [4.69, 9.17) is 4.74 Å². The van der Waals surface area contributed by atoms with Crippen LogP contribution in [-0.4, -0.2) is 52.7 Å². The largest absolute Gasteiger partial charge is 0.492 e. The predicted octanol–water partition coefficient (Wildman–Crippen LogP) is 3.65. The minimum atomic E-state index is -1.48. The van der Waals surface area contributed by atoms with Gasteiger partial charge in [0.25, 0.3) is 0 Å². The summed E-state index contributed by atoms with van der Waals surface area (Å²) in [6.07, 6.45) is 2.71. The van der Waals surface area contributed by atoms with Gasteiger partial charge < -0.3 is 9.64 Å². The molecule has 1 aromatic heterocycles. The van der Waals surface area contributed by atoms with Crippen molar-refractivity contribution in [2.75, 3.05) is 20.2 Å². The fourth-order valence-electron chi connectivity index (χ4n) is 4.34. The van der Waals surface area contributed by atoms with Crippen molar-refractivity contribution in [1.29, 1.82) is 0 Å². The molecular formula is C28H28FN3O4. The monoisotopic (exact) mass is 489 g/mol. The standard InChI is InChI=1S/C28H28FN3O4/c1-20-8-10-24(11-9-20)36-14-13-31(2)25(33)16-28(22-6-3-7-23(29)15-22)17-26(34)32(27(28)35)19-21-5-4-12-30-18-21/h3-12,15,18H,13-14,16-17,19H2,1-2H3. The summed E-state index contributed by atoms with van der Waals surface area (Å²) in [6, 6.07) is 16.6. The average molecular weight is 490 g/mol. The molecule has 0 aliphatic carbocycles. The van der Waals surface area contributed by atoms with Crippen molar-refractivity contribution in [2.24, 2.45) is 0 Å². The van der Waals surface area contributed by atoms with Gasteiger partial charge in [0.2, 0.25) is 17.7 Å². The third-order valence-electron chi connectivity index (χ3n) is 6.44. The molecule has 7 nitrogen and oxygen atoms in total. The summed E-state index contributed by atoms with van der Waals surface area (Å²) < 4.78 is 19.9. The fourth-order valence-corrected chi connectivity index (χ4v) is 4.34. The Morgan fingerprint density at radius 2 is 1.92 bits per heavy atom. The van der Waals surface area contributed by atoms with E-state index >= 15 is 0 Å². The summed E-state index contributed by atoms with van der Waals surface area (Å²) in [7, 11) is 1.62. The number of pyridine rings is 1. The highest BCUT2D eigenvalue weighted by Crippen LogP contribution is 2.41. The first kappa shape index (κ1) is 25.0. The third-order valence-corrected chi connectivity index (χ3v) is 6.44. The lowest BCUT2D eigenvalue weighted by molar-refractivity contribution is -0.143. The van der Waals surface area contributed by atoms with Crippen molar-refractivity contribution in [1.82, 2.24) is 14.8 Å². The number of aryl methyl sites for hydroxylation is 1. The summed E-state index contributed by atoms with van der Waals surface area (Å²) in [6.45, 7) is 2.57. The van der Waals surface area contributed by atoms with Crippen LogP contribution in [0.25, 0.3) is 0 Å². The number of benzene rings is 2. The van der Waals surface area contributed by atoms with Gasteiger partial charge >= 0.3 is 0 Å². The molecule has 0 saturated carbocycles. The zero-order chi connectivity index (χ0) is 25.7. The van der Waals surface area contributed by atoms with Gasteiger partial charge in [-0.3, -0.25) is 24.3 Å². The van der Waals surface area contributed by atoms with Crippen LogP contribution in [0.4, 0.5) is 4.39 Å². The zero-order valence-electron chi connectivity index (χ0n) is 20.3. The molecular weight excluding hydrogens is 461 g/mol. The first-order valence-electron chi connectivity index (χ1n) is 11.7. The highest BCUT2D eigenvalue weighted by Gasteiger charge is 2.54. The number of aromatic nitrogens is 1. The molecule has 0 spiro atoms. The van der Waals surface area contributed by atoms with E-state index in [9.17, 15) is 18.8 Å². The lowest BCUT2D eigenvalue weighted by Crippen LogP contribution is -2.43. The third kappa shape index (κ3) is 5.43. The van der Waals surface area contributed by atoms with Crippen molar-refractivity contribution in [3.8, 4) is 5.75 Å². The molecule has 1 saturated heterocycles. The maximum atomic E-state index is 14.2. The van der Waals surface area contributed by atoms with Crippen molar-refractivity contribution < 1.29 is 23.5 Å². The number of rotatable bonds is 9. The van der Waals surface area contributed by atoms with Crippen molar-refractivity contribution in [2.45, 2.75) is 31.7 Å². The van der Waals surface area contributed by atoms with Gasteiger partial charge in [0.1, 0.15) is 18.2 Å². The lowest BCUT2D eigenvalue weighted by Gasteiger charge is -2.29. The van der Waals surface area contributed by atoms with Gasteiger partial charge in [-0.2, -0.15) is 0 Å². The molecule has 1 unspecified atom stereocenters. The number of likely N-dealkylation sites (tertiary alicyclic amines) is 1. The van der Waals surface area contributed by atoms with Crippen LogP contribution >= 0.6 is 0 Å². The van der Waals surface area contributed by atoms with Gasteiger partial charge in [-0.15, -0.1) is 0 Å². The number of ether oxygens (including phenoxy) is 1. The first-order chi connectivity index (χ1) is 17.3. The van der Waals surface area contributed by atoms with Gasteiger partial charge in [0, 0.05) is 32.3 Å². The average Bonchev–Trinajstić information content (AvgIpc) is 3.10. The Morgan fingerprint density at radius 3 is 2.61 bits per heavy atom. The lowest BCUT2D eigenvalue weighted by atomic mass is 9.75. The molecule has 0 N–H and O–H groups in total. The number of hydrogen-bond donors (Lipinski definition) is 0. The Bertz CT molecular complexity index is 1250. The smallest absolute Gasteiger partial charge is 0.241 e. The van der Waals surface area contributed by atoms with Crippen LogP contribution in [0.2, 0.25) is 0 Å². The summed E-state index contributed by atoms with van der Waals surface area (Å²) in [5.74, 6) is -1.10. The Morgan fingerprint density at radius 1 is 1.14 bits per heavy atom. The number of likely N-dealkylation sites (N-methyl/N-ethyl adjacent to an activating group) is 1. The van der Waals surface area contributed by atoms with E-state index in [0.717, 1.165) is 10.5 Å². The summed E-state index contributed by atoms with van der Waals surface area (Å²) in [4.78, 5) is 46.6. The highest BCUT2D eigenvalue weighted by molar-refractivity contribution is 6.10. The van der Waals surface area contributed by atoms with E-state index in [1.54, 1.807) is 37.6 Å². The number of amides is 3. The molecule has 0 radical (unpaired) electrons. The summed E-state index contributed by atoms with van der Waals surface area (Å²) in [5.41, 5.74) is 0.633.